The third kappa shape index (κ3) is 9.55. The average Bonchev–Trinajstić information content (AvgIpc) is 2.58. The van der Waals surface area contributed by atoms with Crippen molar-refractivity contribution in [3.8, 4) is 0 Å². The zero-order valence-electron chi connectivity index (χ0n) is 17.1. The average molecular weight is 398 g/mol. The molecule has 1 aromatic rings. The molecule has 0 saturated carbocycles. The second kappa shape index (κ2) is 10.3. The maximum Gasteiger partial charge on any atom is 0.407 e. The first kappa shape index (κ1) is 23.7. The summed E-state index contributed by atoms with van der Waals surface area (Å²) in [5, 5.41) is 15.5. The van der Waals surface area contributed by atoms with Crippen molar-refractivity contribution in [2.24, 2.45) is 0 Å². The number of nitrogens with one attached hydrogen (secondary N) is 2. The van der Waals surface area contributed by atoms with Gasteiger partial charge in [-0.15, -0.1) is 0 Å². The topological polar surface area (TPSA) is 96.9 Å². The Bertz CT molecular complexity index is 631. The van der Waals surface area contributed by atoms with Gasteiger partial charge in [0.25, 0.3) is 0 Å². The van der Waals surface area contributed by atoms with E-state index in [9.17, 15) is 19.1 Å². The van der Waals surface area contributed by atoms with E-state index in [4.69, 9.17) is 9.47 Å². The summed E-state index contributed by atoms with van der Waals surface area (Å²) in [6.45, 7) is 7.06. The Kier molecular flexibility index (Phi) is 8.68. The molecule has 0 saturated heterocycles. The van der Waals surface area contributed by atoms with Gasteiger partial charge in [-0.2, -0.15) is 0 Å². The number of hydrogen-bond acceptors (Lipinski definition) is 5. The van der Waals surface area contributed by atoms with Gasteiger partial charge in [0.1, 0.15) is 17.9 Å². The van der Waals surface area contributed by atoms with Crippen LogP contribution < -0.4 is 10.6 Å². The van der Waals surface area contributed by atoms with Gasteiger partial charge in [-0.3, -0.25) is 0 Å². The van der Waals surface area contributed by atoms with Gasteiger partial charge < -0.3 is 25.2 Å². The summed E-state index contributed by atoms with van der Waals surface area (Å²) in [6.07, 6.45) is -2.31. The molecule has 1 aromatic carbocycles. The number of ether oxygens (including phenoxy) is 2. The lowest BCUT2D eigenvalue weighted by atomic mass is 10.0. The fourth-order valence-electron chi connectivity index (χ4n) is 2.25. The van der Waals surface area contributed by atoms with Gasteiger partial charge in [0.15, 0.2) is 0 Å². The van der Waals surface area contributed by atoms with Crippen molar-refractivity contribution < 1.29 is 28.6 Å². The predicted octanol–water partition coefficient (Wildman–Crippen LogP) is 2.96. The van der Waals surface area contributed by atoms with Gasteiger partial charge in [-0.05, 0) is 46.6 Å². The standard InChI is InChI=1S/C20H31FN2O5/c1-19(2,3)27-18(26)23-15(11-14-9-7-6-8-10-14)16(24)12-22-17(25)28-20(4,5)13-21/h6-10,15-16,24H,11-13H2,1-5H3,(H,22,25)(H,23,26). The Labute approximate surface area is 165 Å². The van der Waals surface area contributed by atoms with Crippen LogP contribution in [0.2, 0.25) is 0 Å². The number of rotatable bonds is 8. The molecule has 0 aliphatic heterocycles. The third-order valence-corrected chi connectivity index (χ3v) is 3.61. The second-order valence-electron chi connectivity index (χ2n) is 8.17. The Morgan fingerprint density at radius 2 is 1.68 bits per heavy atom. The van der Waals surface area contributed by atoms with E-state index in [1.54, 1.807) is 20.8 Å². The molecule has 0 aliphatic rings. The number of carbonyl (C=O) groups is 2. The first-order valence-electron chi connectivity index (χ1n) is 9.16. The lowest BCUT2D eigenvalue weighted by Crippen LogP contribution is -2.51. The molecule has 3 N–H and O–H groups in total. The minimum atomic E-state index is -1.26. The maximum atomic E-state index is 12.8. The summed E-state index contributed by atoms with van der Waals surface area (Å²) in [5.74, 6) is 0. The van der Waals surface area contributed by atoms with Gasteiger partial charge in [-0.25, -0.2) is 14.0 Å². The second-order valence-corrected chi connectivity index (χ2v) is 8.17. The molecule has 0 radical (unpaired) electrons. The largest absolute Gasteiger partial charge is 0.444 e. The molecule has 0 aliphatic carbocycles. The fraction of sp³-hybridized carbons (Fsp3) is 0.600. The van der Waals surface area contributed by atoms with Gasteiger partial charge in [0.05, 0.1) is 12.1 Å². The summed E-state index contributed by atoms with van der Waals surface area (Å²) in [4.78, 5) is 23.9. The molecule has 2 atom stereocenters. The van der Waals surface area contributed by atoms with Crippen LogP contribution in [0.4, 0.5) is 14.0 Å². The Balaban J connectivity index is 2.74. The summed E-state index contributed by atoms with van der Waals surface area (Å²) in [6, 6.07) is 8.57. The van der Waals surface area contributed by atoms with E-state index in [0.29, 0.717) is 6.42 Å². The van der Waals surface area contributed by atoms with E-state index in [-0.39, 0.29) is 6.54 Å². The van der Waals surface area contributed by atoms with Gasteiger partial charge >= 0.3 is 12.2 Å². The SMILES string of the molecule is CC(C)(C)OC(=O)NC(Cc1ccccc1)C(O)CNC(=O)OC(C)(C)CF. The number of aliphatic hydroxyl groups excluding tert-OH is 1. The molecule has 2 unspecified atom stereocenters. The molecule has 2 amide bonds. The molecule has 28 heavy (non-hydrogen) atoms. The molecule has 0 bridgehead atoms. The first-order valence-corrected chi connectivity index (χ1v) is 9.16. The quantitative estimate of drug-likeness (QED) is 0.626. The normalized spacial score (nSPS) is 14.0. The van der Waals surface area contributed by atoms with E-state index < -0.39 is 42.2 Å². The van der Waals surface area contributed by atoms with E-state index in [2.05, 4.69) is 10.6 Å². The first-order chi connectivity index (χ1) is 12.9. The highest BCUT2D eigenvalue weighted by molar-refractivity contribution is 5.69. The number of alkyl halides is 1. The van der Waals surface area contributed by atoms with Crippen molar-refractivity contribution in [1.29, 1.82) is 0 Å². The smallest absolute Gasteiger partial charge is 0.407 e. The van der Waals surface area contributed by atoms with Gasteiger partial charge in [0, 0.05) is 6.54 Å². The predicted molar refractivity (Wildman–Crippen MR) is 104 cm³/mol. The van der Waals surface area contributed by atoms with E-state index in [1.165, 1.54) is 13.8 Å². The van der Waals surface area contributed by atoms with Crippen molar-refractivity contribution in [2.75, 3.05) is 13.2 Å². The maximum absolute atomic E-state index is 12.8. The third-order valence-electron chi connectivity index (χ3n) is 3.61. The van der Waals surface area contributed by atoms with E-state index in [0.717, 1.165) is 5.56 Å². The summed E-state index contributed by atoms with van der Waals surface area (Å²) in [5.41, 5.74) is -1.05. The van der Waals surface area contributed by atoms with Crippen LogP contribution in [0.15, 0.2) is 30.3 Å². The number of alkyl carbamates (subject to hydrolysis) is 2. The molecule has 1 rings (SSSR count). The zero-order chi connectivity index (χ0) is 21.4. The molecule has 7 nitrogen and oxygen atoms in total. The highest BCUT2D eigenvalue weighted by Gasteiger charge is 2.27. The molecule has 158 valence electrons. The highest BCUT2D eigenvalue weighted by Crippen LogP contribution is 2.11. The van der Waals surface area contributed by atoms with Crippen molar-refractivity contribution in [3.63, 3.8) is 0 Å². The van der Waals surface area contributed by atoms with Crippen LogP contribution in [0.25, 0.3) is 0 Å². The number of benzene rings is 1. The number of aliphatic hydroxyl groups is 1. The Morgan fingerprint density at radius 3 is 2.21 bits per heavy atom. The Morgan fingerprint density at radius 1 is 1.07 bits per heavy atom. The number of halogens is 1. The molecule has 8 heteroatoms. The monoisotopic (exact) mass is 398 g/mol. The van der Waals surface area contributed by atoms with Crippen LogP contribution in [-0.2, 0) is 15.9 Å². The molecule has 0 spiro atoms. The highest BCUT2D eigenvalue weighted by atomic mass is 19.1. The van der Waals surface area contributed by atoms with Crippen molar-refractivity contribution >= 4 is 12.2 Å². The van der Waals surface area contributed by atoms with Crippen molar-refractivity contribution in [1.82, 2.24) is 10.6 Å². The van der Waals surface area contributed by atoms with Crippen LogP contribution in [0.5, 0.6) is 0 Å². The zero-order valence-corrected chi connectivity index (χ0v) is 17.1. The molecule has 0 fully saturated rings. The van der Waals surface area contributed by atoms with Gasteiger partial charge in [-0.1, -0.05) is 30.3 Å². The summed E-state index contributed by atoms with van der Waals surface area (Å²) >= 11 is 0. The van der Waals surface area contributed by atoms with Crippen LogP contribution in [0.1, 0.15) is 40.2 Å². The van der Waals surface area contributed by atoms with E-state index >= 15 is 0 Å². The lowest BCUT2D eigenvalue weighted by Gasteiger charge is -2.27. The number of hydrogen-bond donors (Lipinski definition) is 3. The van der Waals surface area contributed by atoms with Crippen molar-refractivity contribution in [3.05, 3.63) is 35.9 Å². The fourth-order valence-corrected chi connectivity index (χ4v) is 2.25. The molecular formula is C20H31FN2O5. The van der Waals surface area contributed by atoms with Crippen LogP contribution >= 0.6 is 0 Å². The molecular weight excluding hydrogens is 367 g/mol. The Hall–Kier alpha value is -2.35. The van der Waals surface area contributed by atoms with Crippen LogP contribution in [-0.4, -0.2) is 53.9 Å². The van der Waals surface area contributed by atoms with Crippen LogP contribution in [0, 0.1) is 0 Å². The summed E-state index contributed by atoms with van der Waals surface area (Å²) in [7, 11) is 0. The molecule has 0 heterocycles. The van der Waals surface area contributed by atoms with Gasteiger partial charge in [0.2, 0.25) is 0 Å². The van der Waals surface area contributed by atoms with Crippen molar-refractivity contribution in [2.45, 2.75) is 64.4 Å². The van der Waals surface area contributed by atoms with E-state index in [1.807, 2.05) is 30.3 Å². The number of carbonyl (C=O) groups excluding carboxylic acids is 2. The summed E-state index contributed by atoms with van der Waals surface area (Å²) < 4.78 is 22.9. The molecule has 0 aromatic heterocycles. The minimum absolute atomic E-state index is 0.186. The van der Waals surface area contributed by atoms with Crippen LogP contribution in [0.3, 0.4) is 0 Å². The lowest BCUT2D eigenvalue weighted by molar-refractivity contribution is 0.0172. The minimum Gasteiger partial charge on any atom is -0.444 e. The number of amides is 2.